The first-order chi connectivity index (χ1) is 18.2. The largest absolute Gasteiger partial charge is 0.480 e. The van der Waals surface area contributed by atoms with E-state index < -0.39 is 17.7 Å². The van der Waals surface area contributed by atoms with Crippen LogP contribution >= 0.6 is 11.6 Å². The molecule has 198 valence electrons. The molecule has 1 aliphatic carbocycles. The minimum absolute atomic E-state index is 0.0325. The van der Waals surface area contributed by atoms with Crippen LogP contribution in [0.1, 0.15) is 42.6 Å². The molecule has 1 aliphatic rings. The van der Waals surface area contributed by atoms with E-state index in [4.69, 9.17) is 21.1 Å². The molecule has 0 amide bonds. The van der Waals surface area contributed by atoms with Gasteiger partial charge < -0.3 is 14.0 Å². The van der Waals surface area contributed by atoms with Crippen LogP contribution in [0, 0.1) is 5.82 Å². The molecule has 0 N–H and O–H groups in total. The highest BCUT2D eigenvalue weighted by Gasteiger charge is 2.35. The molecule has 4 aromatic heterocycles. The summed E-state index contributed by atoms with van der Waals surface area (Å²) in [6.45, 7) is 1.60. The van der Waals surface area contributed by atoms with Crippen molar-refractivity contribution in [1.29, 1.82) is 0 Å². The summed E-state index contributed by atoms with van der Waals surface area (Å²) in [5.41, 5.74) is 0.180. The Balaban J connectivity index is 1.39. The number of hydrogen-bond acceptors (Lipinski definition) is 8. The fraction of sp³-hybridized carbons (Fsp3) is 0.333. The molecule has 1 saturated carbocycles. The van der Waals surface area contributed by atoms with Crippen molar-refractivity contribution in [1.82, 2.24) is 34.5 Å². The van der Waals surface area contributed by atoms with Crippen LogP contribution in [0.5, 0.6) is 11.8 Å². The summed E-state index contributed by atoms with van der Waals surface area (Å²) in [6, 6.07) is 1.11. The molecular weight excluding hydrogens is 530 g/mol. The third-order valence-electron chi connectivity index (χ3n) is 5.83. The first kappa shape index (κ1) is 25.8. The molecule has 0 unspecified atom stereocenters. The van der Waals surface area contributed by atoms with Gasteiger partial charge in [-0.05, 0) is 25.8 Å². The topological polar surface area (TPSA) is 101 Å². The minimum Gasteiger partial charge on any atom is -0.480 e. The SMILES string of the molecule is CCn1cc(C(F)(F)F)nc1-c1ncc(COc2nc(-c3c(OC)ncnc3C3CC3)ncc2Cl)cc1F. The van der Waals surface area contributed by atoms with Crippen LogP contribution in [0.25, 0.3) is 22.9 Å². The van der Waals surface area contributed by atoms with Crippen molar-refractivity contribution in [3.05, 3.63) is 58.8 Å². The number of halogens is 5. The maximum Gasteiger partial charge on any atom is 0.434 e. The van der Waals surface area contributed by atoms with Gasteiger partial charge in [0.2, 0.25) is 11.8 Å². The van der Waals surface area contributed by atoms with Crippen LogP contribution in [0.15, 0.2) is 31.0 Å². The van der Waals surface area contributed by atoms with Gasteiger partial charge in [-0.25, -0.2) is 29.3 Å². The smallest absolute Gasteiger partial charge is 0.434 e. The number of methoxy groups -OCH3 is 1. The predicted octanol–water partition coefficient (Wildman–Crippen LogP) is 5.49. The number of alkyl halides is 3. The van der Waals surface area contributed by atoms with E-state index in [1.54, 1.807) is 6.92 Å². The van der Waals surface area contributed by atoms with Crippen LogP contribution in [0.4, 0.5) is 17.6 Å². The van der Waals surface area contributed by atoms with Crippen molar-refractivity contribution in [2.45, 2.75) is 45.0 Å². The van der Waals surface area contributed by atoms with Crippen LogP contribution in [0.3, 0.4) is 0 Å². The summed E-state index contributed by atoms with van der Waals surface area (Å²) in [7, 11) is 1.48. The summed E-state index contributed by atoms with van der Waals surface area (Å²) >= 11 is 6.24. The first-order valence-corrected chi connectivity index (χ1v) is 11.9. The zero-order valence-corrected chi connectivity index (χ0v) is 20.9. The van der Waals surface area contributed by atoms with Crippen molar-refractivity contribution in [2.24, 2.45) is 0 Å². The lowest BCUT2D eigenvalue weighted by Crippen LogP contribution is -2.06. The molecule has 38 heavy (non-hydrogen) atoms. The fourth-order valence-electron chi connectivity index (χ4n) is 3.84. The number of pyridine rings is 1. The van der Waals surface area contributed by atoms with Gasteiger partial charge in [0.1, 0.15) is 29.2 Å². The summed E-state index contributed by atoms with van der Waals surface area (Å²) < 4.78 is 66.5. The van der Waals surface area contributed by atoms with Crippen molar-refractivity contribution in [2.75, 3.05) is 7.11 Å². The molecule has 0 radical (unpaired) electrons. The van der Waals surface area contributed by atoms with E-state index in [2.05, 4.69) is 29.9 Å². The second-order valence-electron chi connectivity index (χ2n) is 8.46. The second kappa shape index (κ2) is 10.1. The molecule has 4 heterocycles. The van der Waals surface area contributed by atoms with Crippen molar-refractivity contribution < 1.29 is 27.0 Å². The molecule has 14 heteroatoms. The fourth-order valence-corrected chi connectivity index (χ4v) is 3.99. The average molecular weight is 550 g/mol. The van der Waals surface area contributed by atoms with Crippen molar-refractivity contribution in [3.63, 3.8) is 0 Å². The molecule has 1 fully saturated rings. The molecule has 4 aromatic rings. The standard InChI is InChI=1S/C24H20ClF4N7O2/c1-3-36-9-16(24(27,28)29)34-21(36)19-15(26)6-12(7-30-19)10-38-22-14(25)8-31-20(35-22)17-18(13-4-5-13)32-11-33-23(17)37-2/h6-9,11,13H,3-5,10H2,1-2H3. The van der Waals surface area contributed by atoms with E-state index in [0.717, 1.165) is 30.8 Å². The van der Waals surface area contributed by atoms with Gasteiger partial charge in [-0.3, -0.25) is 0 Å². The van der Waals surface area contributed by atoms with E-state index in [1.807, 2.05) is 0 Å². The van der Waals surface area contributed by atoms with Crippen LogP contribution in [0.2, 0.25) is 5.02 Å². The molecule has 9 nitrogen and oxygen atoms in total. The average Bonchev–Trinajstić information content (AvgIpc) is 3.65. The molecule has 0 bridgehead atoms. The van der Waals surface area contributed by atoms with Gasteiger partial charge >= 0.3 is 6.18 Å². The van der Waals surface area contributed by atoms with E-state index in [9.17, 15) is 17.6 Å². The lowest BCUT2D eigenvalue weighted by molar-refractivity contribution is -0.140. The first-order valence-electron chi connectivity index (χ1n) is 11.5. The Bertz CT molecular complexity index is 1490. The number of nitrogens with zero attached hydrogens (tertiary/aromatic N) is 7. The zero-order chi connectivity index (χ0) is 27.0. The Morgan fingerprint density at radius 3 is 2.53 bits per heavy atom. The monoisotopic (exact) mass is 549 g/mol. The number of aromatic nitrogens is 7. The highest BCUT2D eigenvalue weighted by Crippen LogP contribution is 2.45. The predicted molar refractivity (Wildman–Crippen MR) is 127 cm³/mol. The van der Waals surface area contributed by atoms with Crippen molar-refractivity contribution >= 4 is 11.6 Å². The third-order valence-corrected chi connectivity index (χ3v) is 6.09. The Morgan fingerprint density at radius 1 is 1.08 bits per heavy atom. The number of ether oxygens (including phenoxy) is 2. The zero-order valence-electron chi connectivity index (χ0n) is 20.1. The van der Waals surface area contributed by atoms with Crippen LogP contribution < -0.4 is 9.47 Å². The number of hydrogen-bond donors (Lipinski definition) is 0. The van der Waals surface area contributed by atoms with Crippen LogP contribution in [-0.4, -0.2) is 41.6 Å². The number of aryl methyl sites for hydroxylation is 1. The van der Waals surface area contributed by atoms with Gasteiger partial charge in [-0.2, -0.15) is 18.2 Å². The molecule has 5 rings (SSSR count). The minimum atomic E-state index is -4.66. The van der Waals surface area contributed by atoms with Crippen molar-refractivity contribution in [3.8, 4) is 34.7 Å². The van der Waals surface area contributed by atoms with Gasteiger partial charge in [0.25, 0.3) is 0 Å². The van der Waals surface area contributed by atoms with Gasteiger partial charge in [0.15, 0.2) is 23.2 Å². The summed E-state index contributed by atoms with van der Waals surface area (Å²) in [6.07, 6.45) is 2.20. The Kier molecular flexibility index (Phi) is 6.86. The van der Waals surface area contributed by atoms with E-state index in [-0.39, 0.29) is 47.3 Å². The quantitative estimate of drug-likeness (QED) is 0.266. The number of imidazole rings is 1. The van der Waals surface area contributed by atoms with E-state index in [0.29, 0.717) is 17.0 Å². The molecule has 0 atom stereocenters. The second-order valence-corrected chi connectivity index (χ2v) is 8.87. The maximum atomic E-state index is 14.9. The van der Waals surface area contributed by atoms with Crippen LogP contribution in [-0.2, 0) is 19.3 Å². The summed E-state index contributed by atoms with van der Waals surface area (Å²) in [5, 5.41) is 0.118. The Morgan fingerprint density at radius 2 is 1.87 bits per heavy atom. The summed E-state index contributed by atoms with van der Waals surface area (Å²) in [4.78, 5) is 24.8. The van der Waals surface area contributed by atoms with Gasteiger partial charge in [-0.15, -0.1) is 0 Å². The molecule has 0 aromatic carbocycles. The lowest BCUT2D eigenvalue weighted by Gasteiger charge is -2.12. The van der Waals surface area contributed by atoms with Gasteiger partial charge in [0.05, 0.1) is 19.0 Å². The van der Waals surface area contributed by atoms with E-state index in [1.165, 1.54) is 30.4 Å². The molecule has 0 spiro atoms. The number of rotatable bonds is 8. The normalized spacial score (nSPS) is 13.6. The Hall–Kier alpha value is -3.87. The summed E-state index contributed by atoms with van der Waals surface area (Å²) in [5.74, 6) is -0.209. The molecule has 0 aliphatic heterocycles. The van der Waals surface area contributed by atoms with Gasteiger partial charge in [0, 0.05) is 30.4 Å². The third kappa shape index (κ3) is 5.10. The molecular formula is C24H20ClF4N7O2. The highest BCUT2D eigenvalue weighted by molar-refractivity contribution is 6.31. The highest BCUT2D eigenvalue weighted by atomic mass is 35.5. The van der Waals surface area contributed by atoms with Gasteiger partial charge in [-0.1, -0.05) is 11.6 Å². The molecule has 0 saturated heterocycles. The van der Waals surface area contributed by atoms with E-state index >= 15 is 0 Å². The maximum absolute atomic E-state index is 14.9. The Labute approximate surface area is 218 Å². The lowest BCUT2D eigenvalue weighted by atomic mass is 10.1.